The Bertz CT molecular complexity index is 943. The molecule has 0 atom stereocenters. The molecule has 3 rings (SSSR count). The third-order valence-electron chi connectivity index (χ3n) is 4.63. The van der Waals surface area contributed by atoms with Gasteiger partial charge in [0.25, 0.3) is 5.91 Å². The molecule has 0 aliphatic carbocycles. The Morgan fingerprint density at radius 1 is 1.07 bits per heavy atom. The fourth-order valence-electron chi connectivity index (χ4n) is 3.04. The average Bonchev–Trinajstić information content (AvgIpc) is 2.73. The molecule has 0 bridgehead atoms. The van der Waals surface area contributed by atoms with Crippen LogP contribution < -0.4 is 5.32 Å². The second-order valence-electron chi connectivity index (χ2n) is 6.72. The van der Waals surface area contributed by atoms with Crippen molar-refractivity contribution in [3.63, 3.8) is 0 Å². The molecule has 2 aromatic carbocycles. The Morgan fingerprint density at radius 2 is 1.72 bits per heavy atom. The average molecular weight is 424 g/mol. The second kappa shape index (κ2) is 9.43. The molecule has 0 radical (unpaired) electrons. The summed E-state index contributed by atoms with van der Waals surface area (Å²) >= 11 is 0. The smallest absolute Gasteiger partial charge is 0.341 e. The summed E-state index contributed by atoms with van der Waals surface area (Å²) in [6.07, 6.45) is 0. The minimum atomic E-state index is -4.67. The van der Waals surface area contributed by atoms with E-state index in [0.717, 1.165) is 56.1 Å². The van der Waals surface area contributed by atoms with Crippen molar-refractivity contribution in [1.82, 2.24) is 10.2 Å². The molecular weight excluding hydrogens is 402 g/mol. The van der Waals surface area contributed by atoms with Crippen LogP contribution in [0.1, 0.15) is 21.5 Å². The van der Waals surface area contributed by atoms with Gasteiger partial charge in [0, 0.05) is 31.7 Å². The van der Waals surface area contributed by atoms with Crippen LogP contribution in [-0.4, -0.2) is 51.3 Å². The number of sulfone groups is 1. The van der Waals surface area contributed by atoms with E-state index in [1.807, 2.05) is 24.3 Å². The third kappa shape index (κ3) is 5.59. The normalized spacial score (nSPS) is 15.4. The van der Waals surface area contributed by atoms with Crippen LogP contribution in [0, 0.1) is 0 Å². The predicted octanol–water partition coefficient (Wildman–Crippen LogP) is 2.45. The Labute approximate surface area is 168 Å². The molecule has 2 aromatic rings. The van der Waals surface area contributed by atoms with Crippen LogP contribution in [0.15, 0.2) is 53.4 Å². The van der Waals surface area contributed by atoms with Gasteiger partial charge in [-0.2, -0.15) is 8.78 Å². The van der Waals surface area contributed by atoms with Gasteiger partial charge in [0.2, 0.25) is 9.84 Å². The highest BCUT2D eigenvalue weighted by molar-refractivity contribution is 7.91. The van der Waals surface area contributed by atoms with E-state index in [1.165, 1.54) is 12.1 Å². The molecule has 1 aliphatic rings. The summed E-state index contributed by atoms with van der Waals surface area (Å²) in [7, 11) is -4.67. The zero-order chi connectivity index (χ0) is 20.9. The monoisotopic (exact) mass is 424 g/mol. The van der Waals surface area contributed by atoms with E-state index in [-0.39, 0.29) is 5.56 Å². The molecule has 1 N–H and O–H groups in total. The van der Waals surface area contributed by atoms with E-state index in [4.69, 9.17) is 4.74 Å². The van der Waals surface area contributed by atoms with E-state index in [1.54, 1.807) is 0 Å². The van der Waals surface area contributed by atoms with E-state index >= 15 is 0 Å². The van der Waals surface area contributed by atoms with Crippen LogP contribution in [-0.2, 0) is 27.7 Å². The fraction of sp³-hybridized carbons (Fsp3) is 0.350. The SMILES string of the molecule is O=C(NCc1cccc(CN2CCOCC2)c1)c1ccc(S(=O)(=O)C(F)F)cc1. The molecular formula is C20H22F2N2O4S. The number of halogens is 2. The highest BCUT2D eigenvalue weighted by Crippen LogP contribution is 2.18. The number of hydrogen-bond donors (Lipinski definition) is 1. The van der Waals surface area contributed by atoms with Crippen molar-refractivity contribution in [2.75, 3.05) is 26.3 Å². The number of nitrogens with zero attached hydrogens (tertiary/aromatic N) is 1. The Balaban J connectivity index is 1.58. The molecule has 29 heavy (non-hydrogen) atoms. The van der Waals surface area contributed by atoms with Gasteiger partial charge in [-0.1, -0.05) is 24.3 Å². The molecule has 0 aromatic heterocycles. The van der Waals surface area contributed by atoms with Crippen molar-refractivity contribution in [1.29, 1.82) is 0 Å². The van der Waals surface area contributed by atoms with Crippen molar-refractivity contribution in [2.45, 2.75) is 23.7 Å². The van der Waals surface area contributed by atoms with E-state index in [0.29, 0.717) is 6.54 Å². The molecule has 1 fully saturated rings. The summed E-state index contributed by atoms with van der Waals surface area (Å²) in [6.45, 7) is 4.34. The molecule has 1 aliphatic heterocycles. The Kier molecular flexibility index (Phi) is 6.94. The summed E-state index contributed by atoms with van der Waals surface area (Å²) in [5.74, 6) is -3.91. The lowest BCUT2D eigenvalue weighted by atomic mass is 10.1. The predicted molar refractivity (Wildman–Crippen MR) is 103 cm³/mol. The summed E-state index contributed by atoms with van der Waals surface area (Å²) in [5.41, 5.74) is 2.27. The molecule has 1 heterocycles. The quantitative estimate of drug-likeness (QED) is 0.739. The highest BCUT2D eigenvalue weighted by atomic mass is 32.2. The molecule has 1 saturated heterocycles. The summed E-state index contributed by atoms with van der Waals surface area (Å²) in [4.78, 5) is 14.1. The van der Waals surface area contributed by atoms with Gasteiger partial charge in [-0.25, -0.2) is 8.42 Å². The number of amides is 1. The number of morpholine rings is 1. The van der Waals surface area contributed by atoms with Crippen LogP contribution in [0.5, 0.6) is 0 Å². The molecule has 6 nitrogen and oxygen atoms in total. The van der Waals surface area contributed by atoms with Gasteiger partial charge < -0.3 is 10.1 Å². The molecule has 0 spiro atoms. The lowest BCUT2D eigenvalue weighted by Crippen LogP contribution is -2.35. The number of nitrogens with one attached hydrogen (secondary N) is 1. The van der Waals surface area contributed by atoms with Gasteiger partial charge in [-0.05, 0) is 35.4 Å². The number of ether oxygens (including phenoxy) is 1. The minimum Gasteiger partial charge on any atom is -0.379 e. The summed E-state index contributed by atoms with van der Waals surface area (Å²) in [6, 6.07) is 12.4. The lowest BCUT2D eigenvalue weighted by Gasteiger charge is -2.26. The van der Waals surface area contributed by atoms with Gasteiger partial charge in [-0.15, -0.1) is 0 Å². The number of benzene rings is 2. The summed E-state index contributed by atoms with van der Waals surface area (Å²) < 4.78 is 53.4. The first-order chi connectivity index (χ1) is 13.9. The molecule has 156 valence electrons. The second-order valence-corrected chi connectivity index (χ2v) is 8.64. The Morgan fingerprint density at radius 3 is 2.38 bits per heavy atom. The molecule has 9 heteroatoms. The number of alkyl halides is 2. The van der Waals surface area contributed by atoms with Crippen molar-refractivity contribution >= 4 is 15.7 Å². The Hall–Kier alpha value is -2.36. The first-order valence-corrected chi connectivity index (χ1v) is 10.7. The van der Waals surface area contributed by atoms with E-state index in [2.05, 4.69) is 10.2 Å². The van der Waals surface area contributed by atoms with Crippen LogP contribution in [0.3, 0.4) is 0 Å². The molecule has 1 amide bonds. The maximum Gasteiger partial charge on any atom is 0.341 e. The van der Waals surface area contributed by atoms with Crippen molar-refractivity contribution in [3.05, 3.63) is 65.2 Å². The van der Waals surface area contributed by atoms with E-state index in [9.17, 15) is 22.0 Å². The topological polar surface area (TPSA) is 75.7 Å². The van der Waals surface area contributed by atoms with Crippen LogP contribution in [0.4, 0.5) is 8.78 Å². The first-order valence-electron chi connectivity index (χ1n) is 9.14. The number of rotatable bonds is 7. The lowest BCUT2D eigenvalue weighted by molar-refractivity contribution is 0.0342. The van der Waals surface area contributed by atoms with Crippen LogP contribution in [0.25, 0.3) is 0 Å². The van der Waals surface area contributed by atoms with Crippen LogP contribution >= 0.6 is 0 Å². The number of hydrogen-bond acceptors (Lipinski definition) is 5. The number of carbonyl (C=O) groups excluding carboxylic acids is 1. The number of carbonyl (C=O) groups is 1. The molecule has 0 unspecified atom stereocenters. The minimum absolute atomic E-state index is 0.197. The van der Waals surface area contributed by atoms with Gasteiger partial charge in [0.15, 0.2) is 0 Å². The zero-order valence-corrected chi connectivity index (χ0v) is 16.5. The summed E-state index contributed by atoms with van der Waals surface area (Å²) in [5, 5.41) is 2.76. The molecule has 0 saturated carbocycles. The van der Waals surface area contributed by atoms with Gasteiger partial charge in [0.05, 0.1) is 18.1 Å². The van der Waals surface area contributed by atoms with Crippen LogP contribution in [0.2, 0.25) is 0 Å². The first kappa shape index (κ1) is 21.4. The van der Waals surface area contributed by atoms with E-state index < -0.39 is 26.4 Å². The van der Waals surface area contributed by atoms with Crippen molar-refractivity contribution in [3.8, 4) is 0 Å². The zero-order valence-electron chi connectivity index (χ0n) is 15.7. The van der Waals surface area contributed by atoms with Crippen molar-refractivity contribution in [2.24, 2.45) is 0 Å². The van der Waals surface area contributed by atoms with Gasteiger partial charge in [-0.3, -0.25) is 9.69 Å². The highest BCUT2D eigenvalue weighted by Gasteiger charge is 2.26. The fourth-order valence-corrected chi connectivity index (χ4v) is 3.76. The standard InChI is InChI=1S/C20H22F2N2O4S/c21-20(22)29(26,27)18-6-4-17(5-7-18)19(25)23-13-15-2-1-3-16(12-15)14-24-8-10-28-11-9-24/h1-7,12,20H,8-11,13-14H2,(H,23,25). The third-order valence-corrected chi connectivity index (χ3v) is 6.03. The van der Waals surface area contributed by atoms with Gasteiger partial charge >= 0.3 is 5.76 Å². The van der Waals surface area contributed by atoms with Crippen molar-refractivity contribution < 1.29 is 26.7 Å². The maximum atomic E-state index is 12.6. The van der Waals surface area contributed by atoms with Gasteiger partial charge in [0.1, 0.15) is 0 Å². The maximum absolute atomic E-state index is 12.6. The largest absolute Gasteiger partial charge is 0.379 e.